The number of hydrogen-bond acceptors (Lipinski definition) is 7. The zero-order valence-corrected chi connectivity index (χ0v) is 12.9. The van der Waals surface area contributed by atoms with Gasteiger partial charge in [-0.25, -0.2) is 4.98 Å². The van der Waals surface area contributed by atoms with Crippen molar-refractivity contribution >= 4 is 29.1 Å². The predicted octanol–water partition coefficient (Wildman–Crippen LogP) is 2.39. The van der Waals surface area contributed by atoms with Crippen molar-refractivity contribution in [3.05, 3.63) is 35.3 Å². The summed E-state index contributed by atoms with van der Waals surface area (Å²) in [7, 11) is 1.39. The van der Waals surface area contributed by atoms with Crippen LogP contribution in [0.25, 0.3) is 10.6 Å². The smallest absolute Gasteiger partial charge is 0.323 e. The predicted molar refractivity (Wildman–Crippen MR) is 83.4 cm³/mol. The fourth-order valence-electron chi connectivity index (χ4n) is 2.11. The largest absolute Gasteiger partial charge is 0.507 e. The number of nitrogens with one attached hydrogen (secondary N) is 1. The molecule has 2 aromatic rings. The lowest BCUT2D eigenvalue weighted by molar-refractivity contribution is -0.142. The van der Waals surface area contributed by atoms with Crippen LogP contribution in [-0.2, 0) is 9.53 Å². The molecular weight excluding hydrogens is 308 g/mol. The van der Waals surface area contributed by atoms with Crippen molar-refractivity contribution in [1.29, 1.82) is 0 Å². The van der Waals surface area contributed by atoms with Gasteiger partial charge in [0.15, 0.2) is 0 Å². The minimum atomic E-state index is -0.291. The molecule has 2 atom stereocenters. The second kappa shape index (κ2) is 6.05. The Bertz CT molecular complexity index is 659. The van der Waals surface area contributed by atoms with E-state index in [2.05, 4.69) is 10.3 Å². The van der Waals surface area contributed by atoms with Gasteiger partial charge in [0.25, 0.3) is 0 Å². The van der Waals surface area contributed by atoms with Crippen molar-refractivity contribution in [2.24, 2.45) is 0 Å². The van der Waals surface area contributed by atoms with Crippen molar-refractivity contribution in [3.63, 3.8) is 0 Å². The monoisotopic (exact) mass is 322 g/mol. The fourth-order valence-corrected chi connectivity index (χ4v) is 4.24. The number of thioether (sulfide) groups is 1. The van der Waals surface area contributed by atoms with E-state index >= 15 is 0 Å². The van der Waals surface area contributed by atoms with Crippen LogP contribution in [0, 0.1) is 0 Å². The third-order valence-electron chi connectivity index (χ3n) is 3.19. The summed E-state index contributed by atoms with van der Waals surface area (Å²) in [4.78, 5) is 16.1. The summed E-state index contributed by atoms with van der Waals surface area (Å²) < 4.78 is 4.74. The lowest BCUT2D eigenvalue weighted by Crippen LogP contribution is -2.34. The number of thiazole rings is 1. The van der Waals surface area contributed by atoms with Gasteiger partial charge >= 0.3 is 5.97 Å². The van der Waals surface area contributed by atoms with E-state index < -0.39 is 0 Å². The fraction of sp³-hybridized carbons (Fsp3) is 0.286. The number of methoxy groups -OCH3 is 1. The third kappa shape index (κ3) is 2.90. The molecule has 1 aromatic carbocycles. The van der Waals surface area contributed by atoms with Gasteiger partial charge in [0, 0.05) is 11.1 Å². The Morgan fingerprint density at radius 3 is 3.05 bits per heavy atom. The number of benzene rings is 1. The standard InChI is InChI=1S/C14H14N2O3S2/c1-19-14(18)10-7-21-13(16-10)9-6-20-12(15-9)8-4-2-3-5-11(8)17/h2-6,10,13,16-17H,7H2,1H3/t10-,13?/m0/s1. The minimum Gasteiger partial charge on any atom is -0.507 e. The van der Waals surface area contributed by atoms with Crippen molar-refractivity contribution in [3.8, 4) is 16.3 Å². The Labute approximate surface area is 130 Å². The van der Waals surface area contributed by atoms with Crippen molar-refractivity contribution in [2.75, 3.05) is 12.9 Å². The van der Waals surface area contributed by atoms with Crippen LogP contribution in [0.3, 0.4) is 0 Å². The van der Waals surface area contributed by atoms with Crippen LogP contribution in [0.15, 0.2) is 29.6 Å². The molecule has 1 aromatic heterocycles. The number of phenolic OH excluding ortho intramolecular Hbond substituents is 1. The first kappa shape index (κ1) is 14.4. The number of carbonyl (C=O) groups is 1. The van der Waals surface area contributed by atoms with Gasteiger partial charge in [-0.2, -0.15) is 0 Å². The summed E-state index contributed by atoms with van der Waals surface area (Å²) in [5.41, 5.74) is 1.59. The number of esters is 1. The number of para-hydroxylation sites is 1. The van der Waals surface area contributed by atoms with Crippen molar-refractivity contribution in [1.82, 2.24) is 10.3 Å². The number of hydrogen-bond donors (Lipinski definition) is 2. The number of rotatable bonds is 3. The van der Waals surface area contributed by atoms with E-state index in [1.54, 1.807) is 23.9 Å². The summed E-state index contributed by atoms with van der Waals surface area (Å²) in [6, 6.07) is 6.84. The Hall–Kier alpha value is -1.57. The van der Waals surface area contributed by atoms with E-state index in [1.807, 2.05) is 17.5 Å². The molecule has 0 aliphatic carbocycles. The van der Waals surface area contributed by atoms with Crippen LogP contribution >= 0.6 is 23.1 Å². The highest BCUT2D eigenvalue weighted by Crippen LogP contribution is 2.37. The number of nitrogens with zero attached hydrogens (tertiary/aromatic N) is 1. The van der Waals surface area contributed by atoms with Gasteiger partial charge in [0.05, 0.1) is 23.7 Å². The molecule has 0 saturated carbocycles. The highest BCUT2D eigenvalue weighted by atomic mass is 32.2. The molecule has 0 spiro atoms. The molecule has 1 unspecified atom stereocenters. The zero-order chi connectivity index (χ0) is 14.8. The molecule has 0 radical (unpaired) electrons. The molecule has 1 aliphatic heterocycles. The third-order valence-corrected chi connectivity index (χ3v) is 5.32. The highest BCUT2D eigenvalue weighted by molar-refractivity contribution is 7.99. The van der Waals surface area contributed by atoms with Crippen LogP contribution in [0.4, 0.5) is 0 Å². The van der Waals surface area contributed by atoms with E-state index in [-0.39, 0.29) is 23.1 Å². The van der Waals surface area contributed by atoms with Gasteiger partial charge in [-0.3, -0.25) is 10.1 Å². The highest BCUT2D eigenvalue weighted by Gasteiger charge is 2.32. The van der Waals surface area contributed by atoms with Crippen LogP contribution < -0.4 is 5.32 Å². The van der Waals surface area contributed by atoms with Crippen molar-refractivity contribution in [2.45, 2.75) is 11.4 Å². The van der Waals surface area contributed by atoms with E-state index in [0.717, 1.165) is 16.3 Å². The molecule has 1 saturated heterocycles. The van der Waals surface area contributed by atoms with Gasteiger partial charge in [0.1, 0.15) is 16.8 Å². The molecular formula is C14H14N2O3S2. The Morgan fingerprint density at radius 2 is 2.29 bits per heavy atom. The summed E-state index contributed by atoms with van der Waals surface area (Å²) in [5.74, 6) is 0.639. The lowest BCUT2D eigenvalue weighted by Gasteiger charge is -2.09. The molecule has 3 rings (SSSR count). The van der Waals surface area contributed by atoms with Crippen LogP contribution in [0.1, 0.15) is 11.1 Å². The number of carbonyl (C=O) groups excluding carboxylic acids is 1. The molecule has 7 heteroatoms. The molecule has 110 valence electrons. The molecule has 2 N–H and O–H groups in total. The second-order valence-corrected chi connectivity index (χ2v) is 6.55. The van der Waals surface area contributed by atoms with Crippen molar-refractivity contribution < 1.29 is 14.6 Å². The zero-order valence-electron chi connectivity index (χ0n) is 11.3. The summed E-state index contributed by atoms with van der Waals surface area (Å²) >= 11 is 3.11. The SMILES string of the molecule is COC(=O)[C@@H]1CSC(c2csc(-c3ccccc3O)n2)N1. The molecule has 2 heterocycles. The van der Waals surface area contributed by atoms with Crippen LogP contribution in [0.2, 0.25) is 0 Å². The summed E-state index contributed by atoms with van der Waals surface area (Å²) in [6.45, 7) is 0. The average Bonchev–Trinajstić information content (AvgIpc) is 3.15. The average molecular weight is 322 g/mol. The van der Waals surface area contributed by atoms with E-state index in [1.165, 1.54) is 18.4 Å². The summed E-state index contributed by atoms with van der Waals surface area (Å²) in [6.07, 6.45) is 0. The Balaban J connectivity index is 1.77. The van der Waals surface area contributed by atoms with Crippen LogP contribution in [-0.4, -0.2) is 35.0 Å². The molecule has 0 bridgehead atoms. The molecule has 1 fully saturated rings. The maximum absolute atomic E-state index is 11.5. The first-order valence-electron chi connectivity index (χ1n) is 6.38. The first-order chi connectivity index (χ1) is 10.2. The number of aromatic nitrogens is 1. The van der Waals surface area contributed by atoms with Gasteiger partial charge < -0.3 is 9.84 Å². The maximum atomic E-state index is 11.5. The van der Waals surface area contributed by atoms with Gasteiger partial charge in [-0.05, 0) is 12.1 Å². The maximum Gasteiger partial charge on any atom is 0.323 e. The normalized spacial score (nSPS) is 21.4. The molecule has 21 heavy (non-hydrogen) atoms. The molecule has 0 amide bonds. The number of aromatic hydroxyl groups is 1. The minimum absolute atomic E-state index is 0.0232. The topological polar surface area (TPSA) is 71.5 Å². The number of ether oxygens (including phenoxy) is 1. The molecule has 1 aliphatic rings. The van der Waals surface area contributed by atoms with Gasteiger partial charge in [0.2, 0.25) is 0 Å². The second-order valence-electron chi connectivity index (χ2n) is 4.55. The Kier molecular flexibility index (Phi) is 4.14. The Morgan fingerprint density at radius 1 is 1.48 bits per heavy atom. The van der Waals surface area contributed by atoms with E-state index in [4.69, 9.17) is 4.74 Å². The van der Waals surface area contributed by atoms with Gasteiger partial charge in [-0.15, -0.1) is 23.1 Å². The van der Waals surface area contributed by atoms with Gasteiger partial charge in [-0.1, -0.05) is 12.1 Å². The quantitative estimate of drug-likeness (QED) is 0.846. The molecule has 5 nitrogen and oxygen atoms in total. The first-order valence-corrected chi connectivity index (χ1v) is 8.31. The summed E-state index contributed by atoms with van der Waals surface area (Å²) in [5, 5.41) is 15.8. The van der Waals surface area contributed by atoms with E-state index in [9.17, 15) is 9.90 Å². The number of phenols is 1. The van der Waals surface area contributed by atoms with Crippen LogP contribution in [0.5, 0.6) is 5.75 Å². The van der Waals surface area contributed by atoms with E-state index in [0.29, 0.717) is 5.75 Å². The lowest BCUT2D eigenvalue weighted by atomic mass is 10.2.